The number of β-amino-alcohol motifs (C(OH)–C–C–N with tert-alkyl or cyclic N) is 1. The number of para-hydroxylation sites is 2. The monoisotopic (exact) mass is 473 g/mol. The lowest BCUT2D eigenvalue weighted by Crippen LogP contribution is -2.64. The first-order valence-electron chi connectivity index (χ1n) is 11.0. The molecule has 11 nitrogen and oxygen atoms in total. The highest BCUT2D eigenvalue weighted by molar-refractivity contribution is 7.99. The van der Waals surface area contributed by atoms with Gasteiger partial charge in [-0.2, -0.15) is 0 Å². The number of nitrogens with zero attached hydrogens (tertiary/aromatic N) is 6. The average molecular weight is 474 g/mol. The lowest BCUT2D eigenvalue weighted by Gasteiger charge is -2.40. The van der Waals surface area contributed by atoms with Gasteiger partial charge in [0.1, 0.15) is 5.52 Å². The number of carbonyl (C=O) groups is 2. The van der Waals surface area contributed by atoms with Gasteiger partial charge in [-0.05, 0) is 12.1 Å². The summed E-state index contributed by atoms with van der Waals surface area (Å²) in [7, 11) is 1.66. The van der Waals surface area contributed by atoms with E-state index in [-0.39, 0.29) is 12.5 Å². The molecule has 2 atom stereocenters. The number of urea groups is 1. The SMILES string of the molecule is CN1C(=O)NC(=O)C2C1N=C(N1CCN(CCO)CC1)N2CCSc1nc2ccccc2o1. The molecule has 2 fully saturated rings. The van der Waals surface area contributed by atoms with E-state index in [2.05, 4.69) is 20.1 Å². The molecule has 3 aliphatic rings. The molecule has 176 valence electrons. The quantitative estimate of drug-likeness (QED) is 0.562. The van der Waals surface area contributed by atoms with E-state index in [9.17, 15) is 14.7 Å². The van der Waals surface area contributed by atoms with Crippen molar-refractivity contribution in [3.05, 3.63) is 24.3 Å². The number of oxazole rings is 1. The van der Waals surface area contributed by atoms with E-state index in [4.69, 9.17) is 9.41 Å². The number of aliphatic imine (C=N–C) groups is 1. The molecule has 0 saturated carbocycles. The number of aromatic nitrogens is 1. The molecule has 0 aliphatic carbocycles. The Balaban J connectivity index is 1.31. The maximum Gasteiger partial charge on any atom is 0.325 e. The first kappa shape index (κ1) is 22.0. The number of amides is 3. The van der Waals surface area contributed by atoms with E-state index in [0.717, 1.165) is 43.2 Å². The van der Waals surface area contributed by atoms with Crippen LogP contribution in [0.5, 0.6) is 0 Å². The standard InChI is InChI=1S/C21H27N7O4S/c1-25-17-16(18(30)24-20(25)31)28(19(23-17)27-8-6-26(7-9-27)10-12-29)11-13-33-21-22-14-4-2-3-5-15(14)32-21/h2-5,16-17,29H,6-13H2,1H3,(H,24,30,31). The summed E-state index contributed by atoms with van der Waals surface area (Å²) in [6.07, 6.45) is -0.550. The Kier molecular flexibility index (Phi) is 6.13. The Morgan fingerprint density at radius 1 is 1.18 bits per heavy atom. The molecule has 12 heteroatoms. The van der Waals surface area contributed by atoms with Crippen LogP contribution in [0, 0.1) is 0 Å². The second kappa shape index (κ2) is 9.20. The molecule has 0 radical (unpaired) electrons. The molecule has 0 bridgehead atoms. The van der Waals surface area contributed by atoms with Crippen LogP contribution in [0.15, 0.2) is 38.9 Å². The Hall–Kier alpha value is -2.83. The molecule has 3 amide bonds. The van der Waals surface area contributed by atoms with Gasteiger partial charge in [0.2, 0.25) is 0 Å². The summed E-state index contributed by atoms with van der Waals surface area (Å²) in [4.78, 5) is 42.2. The number of hydrogen-bond acceptors (Lipinski definition) is 10. The predicted octanol–water partition coefficient (Wildman–Crippen LogP) is 0.0777. The van der Waals surface area contributed by atoms with Gasteiger partial charge in [-0.25, -0.2) is 14.8 Å². The fourth-order valence-corrected chi connectivity index (χ4v) is 5.24. The zero-order valence-electron chi connectivity index (χ0n) is 18.4. The van der Waals surface area contributed by atoms with Gasteiger partial charge in [0, 0.05) is 52.1 Å². The molecule has 4 heterocycles. The second-order valence-corrected chi connectivity index (χ2v) is 9.28. The minimum absolute atomic E-state index is 0.136. The van der Waals surface area contributed by atoms with E-state index < -0.39 is 18.2 Å². The Bertz CT molecular complexity index is 1030. The summed E-state index contributed by atoms with van der Waals surface area (Å²) in [5.41, 5.74) is 1.56. The second-order valence-electron chi connectivity index (χ2n) is 8.23. The molecule has 2 N–H and O–H groups in total. The third kappa shape index (κ3) is 4.25. The van der Waals surface area contributed by atoms with Gasteiger partial charge in [0.15, 0.2) is 23.8 Å². The van der Waals surface area contributed by atoms with E-state index in [1.165, 1.54) is 16.7 Å². The number of likely N-dealkylation sites (N-methyl/N-ethyl adjacent to an activating group) is 1. The number of fused-ring (bicyclic) bond motifs is 2. The number of benzene rings is 1. The van der Waals surface area contributed by atoms with E-state index >= 15 is 0 Å². The number of hydrogen-bond donors (Lipinski definition) is 2. The van der Waals surface area contributed by atoms with Gasteiger partial charge >= 0.3 is 6.03 Å². The van der Waals surface area contributed by atoms with E-state index in [1.807, 2.05) is 29.2 Å². The van der Waals surface area contributed by atoms with Gasteiger partial charge in [0.25, 0.3) is 11.1 Å². The van der Waals surface area contributed by atoms with Crippen molar-refractivity contribution in [3.63, 3.8) is 0 Å². The molecule has 3 aliphatic heterocycles. The number of nitrogens with one attached hydrogen (secondary N) is 1. The van der Waals surface area contributed by atoms with Crippen molar-refractivity contribution in [3.8, 4) is 0 Å². The summed E-state index contributed by atoms with van der Waals surface area (Å²) in [6, 6.07) is 6.63. The third-order valence-electron chi connectivity index (χ3n) is 6.24. The summed E-state index contributed by atoms with van der Waals surface area (Å²) >= 11 is 1.49. The van der Waals surface area contributed by atoms with Gasteiger partial charge in [-0.15, -0.1) is 0 Å². The van der Waals surface area contributed by atoms with Crippen LogP contribution in [0.3, 0.4) is 0 Å². The van der Waals surface area contributed by atoms with Crippen LogP contribution < -0.4 is 5.32 Å². The number of aliphatic hydroxyl groups is 1. The van der Waals surface area contributed by atoms with Crippen LogP contribution >= 0.6 is 11.8 Å². The third-order valence-corrected chi connectivity index (χ3v) is 7.05. The molecule has 1 aromatic carbocycles. The van der Waals surface area contributed by atoms with Gasteiger partial charge in [-0.3, -0.25) is 15.0 Å². The topological polar surface area (TPSA) is 118 Å². The highest BCUT2D eigenvalue weighted by atomic mass is 32.2. The predicted molar refractivity (Wildman–Crippen MR) is 123 cm³/mol. The van der Waals surface area contributed by atoms with Gasteiger partial charge < -0.3 is 24.2 Å². The zero-order valence-corrected chi connectivity index (χ0v) is 19.2. The molecule has 2 aromatic rings. The molecule has 1 aromatic heterocycles. The lowest BCUT2D eigenvalue weighted by atomic mass is 10.1. The van der Waals surface area contributed by atoms with Crippen LogP contribution in [0.2, 0.25) is 0 Å². The first-order chi connectivity index (χ1) is 16.0. The minimum atomic E-state index is -0.567. The zero-order chi connectivity index (χ0) is 22.9. The molecule has 0 spiro atoms. The molecule has 2 saturated heterocycles. The summed E-state index contributed by atoms with van der Waals surface area (Å²) in [5, 5.41) is 12.2. The van der Waals surface area contributed by atoms with E-state index in [1.54, 1.807) is 7.05 Å². The van der Waals surface area contributed by atoms with Crippen LogP contribution in [0.1, 0.15) is 0 Å². The molecular formula is C21H27N7O4S. The van der Waals surface area contributed by atoms with Crippen LogP contribution in [-0.2, 0) is 4.79 Å². The molecule has 33 heavy (non-hydrogen) atoms. The number of thioether (sulfide) groups is 1. The van der Waals surface area contributed by atoms with Crippen molar-refractivity contribution < 1.29 is 19.1 Å². The first-order valence-corrected chi connectivity index (χ1v) is 12.0. The Morgan fingerprint density at radius 3 is 2.73 bits per heavy atom. The number of rotatable bonds is 6. The van der Waals surface area contributed by atoms with Crippen LogP contribution in [0.25, 0.3) is 11.1 Å². The average Bonchev–Trinajstić information content (AvgIpc) is 3.40. The van der Waals surface area contributed by atoms with Crippen molar-refractivity contribution in [1.82, 2.24) is 29.9 Å². The van der Waals surface area contributed by atoms with Crippen molar-refractivity contribution in [2.45, 2.75) is 17.4 Å². The van der Waals surface area contributed by atoms with Crippen LogP contribution in [-0.4, -0.2) is 118 Å². The number of piperazine rings is 1. The number of carbonyl (C=O) groups excluding carboxylic acids is 2. The maximum atomic E-state index is 12.8. The molecule has 2 unspecified atom stereocenters. The number of aliphatic hydroxyl groups excluding tert-OH is 1. The Morgan fingerprint density at radius 2 is 1.97 bits per heavy atom. The van der Waals surface area contributed by atoms with E-state index in [0.29, 0.717) is 24.1 Å². The van der Waals surface area contributed by atoms with Crippen molar-refractivity contribution in [1.29, 1.82) is 0 Å². The summed E-state index contributed by atoms with van der Waals surface area (Å²) < 4.78 is 5.80. The Labute approximate surface area is 195 Å². The fourth-order valence-electron chi connectivity index (χ4n) is 4.47. The summed E-state index contributed by atoms with van der Waals surface area (Å²) in [5.74, 6) is 1.06. The highest BCUT2D eigenvalue weighted by Gasteiger charge is 2.49. The van der Waals surface area contributed by atoms with Gasteiger partial charge in [-0.1, -0.05) is 23.9 Å². The van der Waals surface area contributed by atoms with Crippen molar-refractivity contribution in [2.24, 2.45) is 4.99 Å². The highest BCUT2D eigenvalue weighted by Crippen LogP contribution is 2.28. The number of guanidine groups is 1. The fraction of sp³-hybridized carbons (Fsp3) is 0.524. The number of imide groups is 1. The minimum Gasteiger partial charge on any atom is -0.431 e. The molecular weight excluding hydrogens is 446 g/mol. The maximum absolute atomic E-state index is 12.8. The summed E-state index contributed by atoms with van der Waals surface area (Å²) in [6.45, 7) is 4.44. The smallest absolute Gasteiger partial charge is 0.325 e. The molecule has 5 rings (SSSR count). The van der Waals surface area contributed by atoms with Gasteiger partial charge in [0.05, 0.1) is 6.61 Å². The van der Waals surface area contributed by atoms with Crippen molar-refractivity contribution in [2.75, 3.05) is 58.7 Å². The van der Waals surface area contributed by atoms with Crippen molar-refractivity contribution >= 4 is 40.8 Å². The lowest BCUT2D eigenvalue weighted by molar-refractivity contribution is -0.127. The normalized spacial score (nSPS) is 23.8. The largest absolute Gasteiger partial charge is 0.431 e. The van der Waals surface area contributed by atoms with Crippen LogP contribution in [0.4, 0.5) is 4.79 Å².